The van der Waals surface area contributed by atoms with Gasteiger partial charge in [0.1, 0.15) is 0 Å². The smallest absolute Gasteiger partial charge is 0.0293 e. The number of unbranched alkanes of at least 4 members (excludes halogenated alkanes) is 3. The van der Waals surface area contributed by atoms with Crippen molar-refractivity contribution in [3.8, 4) is 0 Å². The van der Waals surface area contributed by atoms with E-state index >= 15 is 0 Å². The summed E-state index contributed by atoms with van der Waals surface area (Å²) in [6.07, 6.45) is 19.1. The summed E-state index contributed by atoms with van der Waals surface area (Å²) in [6, 6.07) is 1.71. The van der Waals surface area contributed by atoms with Gasteiger partial charge in [0.05, 0.1) is 0 Å². The van der Waals surface area contributed by atoms with E-state index in [1.54, 1.807) is 0 Å². The van der Waals surface area contributed by atoms with Crippen LogP contribution in [-0.4, -0.2) is 23.5 Å². The average Bonchev–Trinajstić information content (AvgIpc) is 2.33. The fourth-order valence-corrected chi connectivity index (χ4v) is 3.27. The van der Waals surface area contributed by atoms with Crippen molar-refractivity contribution >= 4 is 0 Å². The Balaban J connectivity index is 1.67. The number of likely N-dealkylation sites (tertiary alicyclic amines) is 1. The van der Waals surface area contributed by atoms with Crippen LogP contribution in [0.15, 0.2) is 12.2 Å². The number of hydrogen-bond acceptors (Lipinski definition) is 1. The molecular formula is C16H29N. The number of allylic oxidation sites excluding steroid dienone is 1. The van der Waals surface area contributed by atoms with Crippen LogP contribution in [0.5, 0.6) is 0 Å². The molecule has 1 saturated heterocycles. The first kappa shape index (κ1) is 13.1. The van der Waals surface area contributed by atoms with Gasteiger partial charge in [0, 0.05) is 18.6 Å². The van der Waals surface area contributed by atoms with E-state index in [2.05, 4.69) is 24.0 Å². The lowest BCUT2D eigenvalue weighted by molar-refractivity contribution is 0.0497. The fraction of sp³-hybridized carbons (Fsp3) is 0.875. The predicted molar refractivity (Wildman–Crippen MR) is 75.3 cm³/mol. The summed E-state index contributed by atoms with van der Waals surface area (Å²) in [5.41, 5.74) is 0. The molecule has 1 aliphatic carbocycles. The third kappa shape index (κ3) is 3.84. The molecule has 2 rings (SSSR count). The van der Waals surface area contributed by atoms with E-state index in [0.717, 1.165) is 12.1 Å². The van der Waals surface area contributed by atoms with Gasteiger partial charge in [-0.3, -0.25) is 4.90 Å². The predicted octanol–water partition coefficient (Wildman–Crippen LogP) is 4.53. The van der Waals surface area contributed by atoms with E-state index < -0.39 is 0 Å². The van der Waals surface area contributed by atoms with Crippen LogP contribution in [0.4, 0.5) is 0 Å². The lowest BCUT2D eigenvalue weighted by Gasteiger charge is -2.46. The first-order chi connectivity index (χ1) is 8.42. The van der Waals surface area contributed by atoms with Crippen LogP contribution < -0.4 is 0 Å². The highest BCUT2D eigenvalue weighted by Gasteiger charge is 2.32. The number of hydrogen-bond donors (Lipinski definition) is 0. The lowest BCUT2D eigenvalue weighted by atomic mass is 9.89. The Hall–Kier alpha value is -0.300. The van der Waals surface area contributed by atoms with Gasteiger partial charge < -0.3 is 0 Å². The molecule has 17 heavy (non-hydrogen) atoms. The standard InChI is InChI=1S/C16H29N/c1-2-3-4-5-7-12-16-13-14-17(16)15-10-8-6-9-11-15/h7,12,15-16H,2-6,8-11,13-14H2,1H3/b12-7+. The van der Waals surface area contributed by atoms with E-state index in [4.69, 9.17) is 0 Å². The van der Waals surface area contributed by atoms with Gasteiger partial charge >= 0.3 is 0 Å². The Morgan fingerprint density at radius 2 is 1.88 bits per heavy atom. The zero-order valence-electron chi connectivity index (χ0n) is 11.5. The van der Waals surface area contributed by atoms with Crippen molar-refractivity contribution in [2.45, 2.75) is 83.2 Å². The Bertz CT molecular complexity index is 228. The molecule has 1 atom stereocenters. The molecule has 0 amide bonds. The summed E-state index contributed by atoms with van der Waals surface area (Å²) in [7, 11) is 0. The average molecular weight is 235 g/mol. The lowest BCUT2D eigenvalue weighted by Crippen LogP contribution is -2.52. The van der Waals surface area contributed by atoms with E-state index in [1.165, 1.54) is 70.8 Å². The Morgan fingerprint density at radius 3 is 2.53 bits per heavy atom. The van der Waals surface area contributed by atoms with Crippen LogP contribution in [0.2, 0.25) is 0 Å². The normalized spacial score (nSPS) is 27.5. The summed E-state index contributed by atoms with van der Waals surface area (Å²) < 4.78 is 0. The molecule has 0 aromatic rings. The van der Waals surface area contributed by atoms with Crippen molar-refractivity contribution in [3.05, 3.63) is 12.2 Å². The molecular weight excluding hydrogens is 206 g/mol. The highest BCUT2D eigenvalue weighted by Crippen LogP contribution is 2.30. The SMILES string of the molecule is CCCCC/C=C/C1CCN1C1CCCCC1. The van der Waals surface area contributed by atoms with Gasteiger partial charge in [0.25, 0.3) is 0 Å². The molecule has 98 valence electrons. The minimum absolute atomic E-state index is 0.791. The molecule has 2 fully saturated rings. The highest BCUT2D eigenvalue weighted by atomic mass is 15.2. The van der Waals surface area contributed by atoms with E-state index in [9.17, 15) is 0 Å². The third-order valence-corrected chi connectivity index (χ3v) is 4.49. The molecule has 0 spiro atoms. The highest BCUT2D eigenvalue weighted by molar-refractivity contribution is 5.02. The summed E-state index contributed by atoms with van der Waals surface area (Å²) in [4.78, 5) is 2.76. The third-order valence-electron chi connectivity index (χ3n) is 4.49. The molecule has 0 bridgehead atoms. The van der Waals surface area contributed by atoms with Crippen LogP contribution in [0.3, 0.4) is 0 Å². The Morgan fingerprint density at radius 1 is 1.06 bits per heavy atom. The molecule has 1 heteroatoms. The van der Waals surface area contributed by atoms with E-state index in [1.807, 2.05) is 0 Å². The van der Waals surface area contributed by atoms with Crippen molar-refractivity contribution in [2.75, 3.05) is 6.54 Å². The quantitative estimate of drug-likeness (QED) is 0.483. The molecule has 2 aliphatic rings. The Kier molecular flexibility index (Phi) is 5.57. The largest absolute Gasteiger partial charge is 0.294 e. The first-order valence-electron chi connectivity index (χ1n) is 7.84. The molecule has 0 N–H and O–H groups in total. The molecule has 1 heterocycles. The second-order valence-corrected chi connectivity index (χ2v) is 5.81. The van der Waals surface area contributed by atoms with Gasteiger partial charge in [-0.2, -0.15) is 0 Å². The second-order valence-electron chi connectivity index (χ2n) is 5.81. The van der Waals surface area contributed by atoms with E-state index in [0.29, 0.717) is 0 Å². The minimum atomic E-state index is 0.791. The topological polar surface area (TPSA) is 3.24 Å². The van der Waals surface area contributed by atoms with Crippen LogP contribution in [0.25, 0.3) is 0 Å². The first-order valence-corrected chi connectivity index (χ1v) is 7.84. The maximum atomic E-state index is 2.76. The zero-order valence-corrected chi connectivity index (χ0v) is 11.5. The van der Waals surface area contributed by atoms with Crippen LogP contribution in [-0.2, 0) is 0 Å². The molecule has 0 radical (unpaired) electrons. The number of nitrogens with zero attached hydrogens (tertiary/aromatic N) is 1. The monoisotopic (exact) mass is 235 g/mol. The van der Waals surface area contributed by atoms with Crippen molar-refractivity contribution in [1.29, 1.82) is 0 Å². The van der Waals surface area contributed by atoms with Crippen molar-refractivity contribution in [2.24, 2.45) is 0 Å². The zero-order chi connectivity index (χ0) is 11.9. The van der Waals surface area contributed by atoms with Crippen molar-refractivity contribution in [3.63, 3.8) is 0 Å². The summed E-state index contributed by atoms with van der Waals surface area (Å²) in [6.45, 7) is 3.63. The molecule has 1 saturated carbocycles. The summed E-state index contributed by atoms with van der Waals surface area (Å²) >= 11 is 0. The number of rotatable bonds is 6. The fourth-order valence-electron chi connectivity index (χ4n) is 3.27. The van der Waals surface area contributed by atoms with E-state index in [-0.39, 0.29) is 0 Å². The van der Waals surface area contributed by atoms with Gasteiger partial charge in [-0.25, -0.2) is 0 Å². The maximum absolute atomic E-state index is 2.76. The molecule has 1 nitrogen and oxygen atoms in total. The van der Waals surface area contributed by atoms with Gasteiger partial charge in [0.2, 0.25) is 0 Å². The van der Waals surface area contributed by atoms with Gasteiger partial charge in [-0.1, -0.05) is 51.2 Å². The van der Waals surface area contributed by atoms with Crippen LogP contribution in [0, 0.1) is 0 Å². The maximum Gasteiger partial charge on any atom is 0.0293 e. The van der Waals surface area contributed by atoms with Gasteiger partial charge in [-0.15, -0.1) is 0 Å². The van der Waals surface area contributed by atoms with Gasteiger partial charge in [-0.05, 0) is 32.1 Å². The second kappa shape index (κ2) is 7.20. The summed E-state index contributed by atoms with van der Waals surface area (Å²) in [5.74, 6) is 0. The van der Waals surface area contributed by atoms with Crippen LogP contribution in [0.1, 0.15) is 71.1 Å². The molecule has 0 aromatic carbocycles. The molecule has 0 aromatic heterocycles. The molecule has 1 aliphatic heterocycles. The van der Waals surface area contributed by atoms with Crippen LogP contribution >= 0.6 is 0 Å². The van der Waals surface area contributed by atoms with Gasteiger partial charge in [0.15, 0.2) is 0 Å². The molecule has 1 unspecified atom stereocenters. The van der Waals surface area contributed by atoms with Crippen molar-refractivity contribution < 1.29 is 0 Å². The van der Waals surface area contributed by atoms with Crippen molar-refractivity contribution in [1.82, 2.24) is 4.90 Å². The minimum Gasteiger partial charge on any atom is -0.294 e. The Labute approximate surface area is 107 Å². The summed E-state index contributed by atoms with van der Waals surface area (Å²) in [5, 5.41) is 0.